The summed E-state index contributed by atoms with van der Waals surface area (Å²) in [4.78, 5) is 5.48. The molecule has 0 amide bonds. The van der Waals surface area contributed by atoms with E-state index in [1.807, 2.05) is 48.5 Å². The van der Waals surface area contributed by atoms with Crippen LogP contribution in [0.2, 0.25) is 0 Å². The van der Waals surface area contributed by atoms with Crippen molar-refractivity contribution in [3.8, 4) is 11.5 Å². The second kappa shape index (κ2) is 12.5. The van der Waals surface area contributed by atoms with Gasteiger partial charge in [0, 0.05) is 11.1 Å². The van der Waals surface area contributed by atoms with Gasteiger partial charge >= 0.3 is 0 Å². The Balaban J connectivity index is 1.42. The number of oxime groups is 1. The molecule has 0 saturated carbocycles. The summed E-state index contributed by atoms with van der Waals surface area (Å²) in [5.41, 5.74) is 3.14. The molecule has 0 saturated heterocycles. The molecule has 0 radical (unpaired) electrons. The summed E-state index contributed by atoms with van der Waals surface area (Å²) in [6, 6.07) is 15.6. The van der Waals surface area contributed by atoms with Crippen molar-refractivity contribution in [1.29, 1.82) is 0 Å². The van der Waals surface area contributed by atoms with E-state index in [0.717, 1.165) is 47.6 Å². The van der Waals surface area contributed by atoms with Gasteiger partial charge in [0.1, 0.15) is 35.8 Å². The Morgan fingerprint density at radius 3 is 2.57 bits per heavy atom. The zero-order valence-electron chi connectivity index (χ0n) is 16.7. The third-order valence-corrected chi connectivity index (χ3v) is 4.80. The topological polar surface area (TPSA) is 49.3 Å². The standard InChI is InChI=1S/C23H25Cl2NO4/c24-23(25)12-13-29-22-11-5-8-19-20(22)9-4-10-21(19)26-30-17-15-27-14-16-28-18-6-2-1-3-7-18/h1-3,5-8,11-12H,4,9-10,13-17H2/b26-21+. The average Bonchev–Trinajstić information content (AvgIpc) is 2.76. The molecule has 30 heavy (non-hydrogen) atoms. The Hall–Kier alpha value is -2.21. The van der Waals surface area contributed by atoms with Crippen molar-refractivity contribution in [1.82, 2.24) is 0 Å². The van der Waals surface area contributed by atoms with Gasteiger partial charge in [-0.25, -0.2) is 0 Å². The van der Waals surface area contributed by atoms with Gasteiger partial charge in [0.05, 0.1) is 18.9 Å². The number of nitrogens with zero attached hydrogens (tertiary/aromatic N) is 1. The molecule has 0 heterocycles. The quantitative estimate of drug-likeness (QED) is 0.333. The van der Waals surface area contributed by atoms with E-state index in [9.17, 15) is 0 Å². The number of hydrogen-bond acceptors (Lipinski definition) is 5. The molecule has 0 bridgehead atoms. The van der Waals surface area contributed by atoms with E-state index >= 15 is 0 Å². The number of ether oxygens (including phenoxy) is 3. The maximum absolute atomic E-state index is 5.80. The van der Waals surface area contributed by atoms with E-state index in [1.165, 1.54) is 0 Å². The lowest BCUT2D eigenvalue weighted by atomic mass is 9.89. The maximum Gasteiger partial charge on any atom is 0.140 e. The Kier molecular flexibility index (Phi) is 9.35. The van der Waals surface area contributed by atoms with Gasteiger partial charge in [-0.05, 0) is 43.5 Å². The van der Waals surface area contributed by atoms with E-state index in [2.05, 4.69) is 5.16 Å². The Labute approximate surface area is 187 Å². The molecule has 2 aromatic carbocycles. The molecular weight excluding hydrogens is 425 g/mol. The van der Waals surface area contributed by atoms with Gasteiger partial charge in [-0.2, -0.15) is 0 Å². The van der Waals surface area contributed by atoms with Gasteiger partial charge in [0.15, 0.2) is 0 Å². The number of rotatable bonds is 11. The summed E-state index contributed by atoms with van der Waals surface area (Å²) in [6.45, 7) is 2.17. The van der Waals surface area contributed by atoms with Crippen molar-refractivity contribution in [3.63, 3.8) is 0 Å². The third-order valence-electron chi connectivity index (χ3n) is 4.49. The second-order valence-electron chi connectivity index (χ2n) is 6.59. The molecule has 5 nitrogen and oxygen atoms in total. The monoisotopic (exact) mass is 449 g/mol. The minimum Gasteiger partial charge on any atom is -0.491 e. The number of fused-ring (bicyclic) bond motifs is 1. The van der Waals surface area contributed by atoms with Gasteiger partial charge in [-0.1, -0.05) is 58.7 Å². The van der Waals surface area contributed by atoms with Crippen LogP contribution in [0.4, 0.5) is 0 Å². The Morgan fingerprint density at radius 1 is 0.900 bits per heavy atom. The molecular formula is C23H25Cl2NO4. The van der Waals surface area contributed by atoms with E-state index < -0.39 is 0 Å². The van der Waals surface area contributed by atoms with E-state index in [0.29, 0.717) is 33.0 Å². The summed E-state index contributed by atoms with van der Waals surface area (Å²) < 4.78 is 17.1. The first kappa shape index (κ1) is 22.5. The molecule has 1 aliphatic carbocycles. The van der Waals surface area contributed by atoms with E-state index in [1.54, 1.807) is 6.08 Å². The lowest BCUT2D eigenvalue weighted by Crippen LogP contribution is -2.15. The van der Waals surface area contributed by atoms with Crippen LogP contribution >= 0.6 is 23.2 Å². The molecule has 0 unspecified atom stereocenters. The first-order chi connectivity index (χ1) is 14.7. The second-order valence-corrected chi connectivity index (χ2v) is 7.59. The highest BCUT2D eigenvalue weighted by molar-refractivity contribution is 6.55. The molecule has 7 heteroatoms. The average molecular weight is 450 g/mol. The number of benzene rings is 2. The smallest absolute Gasteiger partial charge is 0.140 e. The number of halogens is 2. The highest BCUT2D eigenvalue weighted by Gasteiger charge is 2.19. The molecule has 1 aliphatic rings. The molecule has 0 fully saturated rings. The van der Waals surface area contributed by atoms with Crippen LogP contribution in [0.5, 0.6) is 11.5 Å². The fraction of sp³-hybridized carbons (Fsp3) is 0.348. The van der Waals surface area contributed by atoms with Crippen molar-refractivity contribution < 1.29 is 19.0 Å². The van der Waals surface area contributed by atoms with Crippen LogP contribution < -0.4 is 9.47 Å². The van der Waals surface area contributed by atoms with E-state index in [-0.39, 0.29) is 4.49 Å². The highest BCUT2D eigenvalue weighted by atomic mass is 35.5. The van der Waals surface area contributed by atoms with Crippen LogP contribution in [0.25, 0.3) is 0 Å². The van der Waals surface area contributed by atoms with Crippen LogP contribution in [-0.4, -0.2) is 38.7 Å². The summed E-state index contributed by atoms with van der Waals surface area (Å²) in [7, 11) is 0. The summed E-state index contributed by atoms with van der Waals surface area (Å²) in [5, 5.41) is 4.34. The minimum absolute atomic E-state index is 0.198. The molecule has 3 rings (SSSR count). The zero-order chi connectivity index (χ0) is 21.0. The van der Waals surface area contributed by atoms with Crippen LogP contribution in [-0.2, 0) is 16.0 Å². The largest absolute Gasteiger partial charge is 0.491 e. The first-order valence-electron chi connectivity index (χ1n) is 9.94. The van der Waals surface area contributed by atoms with Crippen LogP contribution in [0.1, 0.15) is 24.0 Å². The normalized spacial score (nSPS) is 14.1. The van der Waals surface area contributed by atoms with Crippen molar-refractivity contribution in [2.45, 2.75) is 19.3 Å². The van der Waals surface area contributed by atoms with Crippen LogP contribution in [0.15, 0.2) is 64.3 Å². The van der Waals surface area contributed by atoms with Crippen molar-refractivity contribution >= 4 is 28.9 Å². The van der Waals surface area contributed by atoms with Crippen LogP contribution in [0, 0.1) is 0 Å². The van der Waals surface area contributed by atoms with Crippen molar-refractivity contribution in [3.05, 3.63) is 70.2 Å². The zero-order valence-corrected chi connectivity index (χ0v) is 18.2. The van der Waals surface area contributed by atoms with Gasteiger partial charge in [0.25, 0.3) is 0 Å². The summed E-state index contributed by atoms with van der Waals surface area (Å²) in [5.74, 6) is 1.66. The summed E-state index contributed by atoms with van der Waals surface area (Å²) in [6.07, 6.45) is 4.42. The molecule has 0 atom stereocenters. The van der Waals surface area contributed by atoms with Gasteiger partial charge in [-0.3, -0.25) is 0 Å². The predicted octanol–water partition coefficient (Wildman–Crippen LogP) is 5.54. The number of para-hydroxylation sites is 1. The highest BCUT2D eigenvalue weighted by Crippen LogP contribution is 2.30. The lowest BCUT2D eigenvalue weighted by molar-refractivity contribution is 0.0385. The third kappa shape index (κ3) is 7.24. The first-order valence-corrected chi connectivity index (χ1v) is 10.7. The lowest BCUT2D eigenvalue weighted by Gasteiger charge is -2.20. The van der Waals surface area contributed by atoms with Crippen LogP contribution in [0.3, 0.4) is 0 Å². The van der Waals surface area contributed by atoms with E-state index in [4.69, 9.17) is 42.3 Å². The SMILES string of the molecule is ClC(Cl)=CCOc1cccc2c1CCC/C2=N\OCCOCCOc1ccccc1. The molecule has 0 aromatic heterocycles. The number of hydrogen-bond donors (Lipinski definition) is 0. The molecule has 0 N–H and O–H groups in total. The molecule has 0 spiro atoms. The molecule has 160 valence electrons. The Morgan fingerprint density at radius 2 is 1.73 bits per heavy atom. The fourth-order valence-electron chi connectivity index (χ4n) is 3.14. The van der Waals surface area contributed by atoms with Crippen molar-refractivity contribution in [2.75, 3.05) is 33.0 Å². The molecule has 0 aliphatic heterocycles. The van der Waals surface area contributed by atoms with Crippen molar-refractivity contribution in [2.24, 2.45) is 5.16 Å². The fourth-order valence-corrected chi connectivity index (χ4v) is 3.27. The Bertz CT molecular complexity index is 852. The maximum atomic E-state index is 5.80. The minimum atomic E-state index is 0.198. The summed E-state index contributed by atoms with van der Waals surface area (Å²) >= 11 is 11.3. The molecule has 2 aromatic rings. The predicted molar refractivity (Wildman–Crippen MR) is 120 cm³/mol. The van der Waals surface area contributed by atoms with Gasteiger partial charge in [0.2, 0.25) is 0 Å². The van der Waals surface area contributed by atoms with Gasteiger partial charge in [-0.15, -0.1) is 0 Å². The van der Waals surface area contributed by atoms with Gasteiger partial charge < -0.3 is 19.0 Å².